The summed E-state index contributed by atoms with van der Waals surface area (Å²) in [5.41, 5.74) is 8.30. The second kappa shape index (κ2) is 6.29. The molecular formula is C14H19N3O3. The normalized spacial score (nSPS) is 16.6. The van der Waals surface area contributed by atoms with Crippen molar-refractivity contribution in [3.8, 4) is 5.75 Å². The lowest BCUT2D eigenvalue weighted by Gasteiger charge is -2.14. The van der Waals surface area contributed by atoms with Gasteiger partial charge in [0.15, 0.2) is 5.70 Å². The Bertz CT molecular complexity index is 522. The second-order valence-electron chi connectivity index (χ2n) is 4.85. The third kappa shape index (κ3) is 3.21. The molecule has 0 aromatic heterocycles. The quantitative estimate of drug-likeness (QED) is 0.280. The van der Waals surface area contributed by atoms with E-state index >= 15 is 0 Å². The van der Waals surface area contributed by atoms with Crippen molar-refractivity contribution >= 4 is 5.97 Å². The summed E-state index contributed by atoms with van der Waals surface area (Å²) in [5, 5.41) is 8.83. The Kier molecular flexibility index (Phi) is 4.47. The van der Waals surface area contributed by atoms with Crippen LogP contribution in [0.4, 0.5) is 0 Å². The van der Waals surface area contributed by atoms with Crippen molar-refractivity contribution in [1.29, 1.82) is 0 Å². The van der Waals surface area contributed by atoms with Crippen LogP contribution in [0.1, 0.15) is 37.2 Å². The molecule has 1 aromatic carbocycles. The van der Waals surface area contributed by atoms with Gasteiger partial charge in [-0.25, -0.2) is 10.6 Å². The molecule has 0 bridgehead atoms. The minimum Gasteiger partial charge on any atom is -0.476 e. The van der Waals surface area contributed by atoms with Crippen LogP contribution in [-0.2, 0) is 4.79 Å². The maximum absolute atomic E-state index is 10.8. The number of benzene rings is 1. The molecule has 20 heavy (non-hydrogen) atoms. The van der Waals surface area contributed by atoms with Gasteiger partial charge in [-0.3, -0.25) is 5.43 Å². The Hall–Kier alpha value is -2.21. The summed E-state index contributed by atoms with van der Waals surface area (Å²) in [6.45, 7) is 0. The Labute approximate surface area is 117 Å². The summed E-state index contributed by atoms with van der Waals surface area (Å²) in [4.78, 5) is 10.8. The third-order valence-corrected chi connectivity index (χ3v) is 3.51. The monoisotopic (exact) mass is 277 g/mol. The summed E-state index contributed by atoms with van der Waals surface area (Å²) in [6.07, 6.45) is 4.85. The summed E-state index contributed by atoms with van der Waals surface area (Å²) in [7, 11) is 0. The van der Waals surface area contributed by atoms with Crippen LogP contribution in [-0.4, -0.2) is 11.1 Å². The number of nitrogens with one attached hydrogen (secondary N) is 1. The number of rotatable bonds is 5. The van der Waals surface area contributed by atoms with Crippen molar-refractivity contribution in [3.05, 3.63) is 41.4 Å². The van der Waals surface area contributed by atoms with Gasteiger partial charge in [0, 0.05) is 0 Å². The van der Waals surface area contributed by atoms with Gasteiger partial charge in [0.25, 0.3) is 0 Å². The molecule has 0 atom stereocenters. The topological polar surface area (TPSA) is 111 Å². The molecule has 0 aliphatic heterocycles. The number of hydrogen-bond acceptors (Lipinski definition) is 5. The van der Waals surface area contributed by atoms with E-state index in [0.29, 0.717) is 11.7 Å². The van der Waals surface area contributed by atoms with Crippen LogP contribution >= 0.6 is 0 Å². The third-order valence-electron chi connectivity index (χ3n) is 3.51. The van der Waals surface area contributed by atoms with Gasteiger partial charge >= 0.3 is 5.97 Å². The number of carboxylic acid groups (broad SMARTS) is 1. The number of carboxylic acids is 1. The van der Waals surface area contributed by atoms with E-state index in [-0.39, 0.29) is 5.88 Å². The molecule has 1 aliphatic carbocycles. The van der Waals surface area contributed by atoms with Crippen molar-refractivity contribution < 1.29 is 14.6 Å². The van der Waals surface area contributed by atoms with Gasteiger partial charge in [-0.05, 0) is 36.5 Å². The molecule has 0 unspecified atom stereocenters. The first kappa shape index (κ1) is 14.2. The Morgan fingerprint density at radius 3 is 2.65 bits per heavy atom. The van der Waals surface area contributed by atoms with Gasteiger partial charge in [-0.2, -0.15) is 0 Å². The second-order valence-corrected chi connectivity index (χ2v) is 4.85. The number of nitrogens with two attached hydrogens (primary N) is 2. The smallest absolute Gasteiger partial charge is 0.357 e. The molecule has 2 rings (SSSR count). The fourth-order valence-corrected chi connectivity index (χ4v) is 2.47. The molecule has 0 radical (unpaired) electrons. The predicted molar refractivity (Wildman–Crippen MR) is 74.5 cm³/mol. The van der Waals surface area contributed by atoms with Crippen molar-refractivity contribution in [2.24, 2.45) is 11.6 Å². The zero-order valence-electron chi connectivity index (χ0n) is 11.1. The van der Waals surface area contributed by atoms with E-state index in [9.17, 15) is 4.79 Å². The first-order chi connectivity index (χ1) is 9.61. The number of hydrogen-bond donors (Lipinski definition) is 4. The molecule has 1 fully saturated rings. The van der Waals surface area contributed by atoms with Crippen LogP contribution in [0.3, 0.4) is 0 Å². The highest BCUT2D eigenvalue weighted by molar-refractivity contribution is 5.85. The summed E-state index contributed by atoms with van der Waals surface area (Å²) in [6, 6.07) is 7.59. The number of aliphatic carboxylic acids is 1. The summed E-state index contributed by atoms with van der Waals surface area (Å²) in [5.74, 6) is 4.86. The van der Waals surface area contributed by atoms with Gasteiger partial charge in [0.05, 0.1) is 0 Å². The van der Waals surface area contributed by atoms with Gasteiger partial charge in [-0.15, -0.1) is 0 Å². The summed E-state index contributed by atoms with van der Waals surface area (Å²) >= 11 is 0. The van der Waals surface area contributed by atoms with E-state index in [4.69, 9.17) is 21.4 Å². The average molecular weight is 277 g/mol. The largest absolute Gasteiger partial charge is 0.476 e. The molecule has 6 heteroatoms. The Balaban J connectivity index is 2.18. The lowest BCUT2D eigenvalue weighted by atomic mass is 9.98. The molecule has 1 aromatic rings. The lowest BCUT2D eigenvalue weighted by molar-refractivity contribution is -0.132. The predicted octanol–water partition coefficient (Wildman–Crippen LogP) is 1.40. The molecule has 1 aliphatic rings. The van der Waals surface area contributed by atoms with Gasteiger partial charge in [0.1, 0.15) is 5.75 Å². The highest BCUT2D eigenvalue weighted by atomic mass is 16.5. The van der Waals surface area contributed by atoms with Crippen molar-refractivity contribution in [3.63, 3.8) is 0 Å². The molecule has 0 amide bonds. The van der Waals surface area contributed by atoms with Crippen molar-refractivity contribution in [2.45, 2.75) is 31.6 Å². The molecular weight excluding hydrogens is 258 g/mol. The molecule has 6 nitrogen and oxygen atoms in total. The fraction of sp³-hybridized carbons (Fsp3) is 0.357. The molecule has 0 spiro atoms. The van der Waals surface area contributed by atoms with E-state index in [1.807, 2.05) is 12.1 Å². The van der Waals surface area contributed by atoms with Crippen LogP contribution in [0.5, 0.6) is 5.75 Å². The highest BCUT2D eigenvalue weighted by Crippen LogP contribution is 2.35. The molecule has 0 heterocycles. The van der Waals surface area contributed by atoms with E-state index in [1.54, 1.807) is 6.07 Å². The van der Waals surface area contributed by atoms with Crippen LogP contribution in [0.2, 0.25) is 0 Å². The maximum atomic E-state index is 10.8. The summed E-state index contributed by atoms with van der Waals surface area (Å²) < 4.78 is 5.42. The van der Waals surface area contributed by atoms with E-state index in [2.05, 4.69) is 11.5 Å². The molecule has 1 saturated carbocycles. The average Bonchev–Trinajstić information content (AvgIpc) is 2.98. The lowest BCUT2D eigenvalue weighted by Crippen LogP contribution is -2.31. The zero-order chi connectivity index (χ0) is 14.5. The van der Waals surface area contributed by atoms with Crippen molar-refractivity contribution in [2.75, 3.05) is 0 Å². The van der Waals surface area contributed by atoms with Gasteiger partial charge in [0.2, 0.25) is 5.88 Å². The minimum atomic E-state index is -1.29. The molecule has 0 saturated heterocycles. The van der Waals surface area contributed by atoms with Gasteiger partial charge in [-0.1, -0.05) is 25.0 Å². The van der Waals surface area contributed by atoms with E-state index < -0.39 is 11.7 Å². The maximum Gasteiger partial charge on any atom is 0.357 e. The standard InChI is InChI=1S/C14H19N3O3/c15-12(14(18)19)13(17-16)20-11-7-3-6-10(8-11)9-4-1-2-5-9/h3,6-9,17H,1-2,4-5,15-16H2,(H,18,19)/b13-12+. The van der Waals surface area contributed by atoms with Gasteiger partial charge < -0.3 is 15.6 Å². The zero-order valence-corrected chi connectivity index (χ0v) is 11.1. The number of ether oxygens (including phenoxy) is 1. The SMILES string of the molecule is NN/C(Oc1cccc(C2CCCC2)c1)=C(\N)C(=O)O. The van der Waals surface area contributed by atoms with Crippen LogP contribution in [0.25, 0.3) is 0 Å². The Morgan fingerprint density at radius 1 is 1.35 bits per heavy atom. The molecule has 6 N–H and O–H groups in total. The Morgan fingerprint density at radius 2 is 2.05 bits per heavy atom. The number of hydrazine groups is 1. The van der Waals surface area contributed by atoms with Crippen molar-refractivity contribution in [1.82, 2.24) is 5.43 Å². The first-order valence-corrected chi connectivity index (χ1v) is 6.59. The fourth-order valence-electron chi connectivity index (χ4n) is 2.47. The van der Waals surface area contributed by atoms with Crippen LogP contribution in [0.15, 0.2) is 35.8 Å². The van der Waals surface area contributed by atoms with Crippen LogP contribution in [0, 0.1) is 0 Å². The molecule has 108 valence electrons. The van der Waals surface area contributed by atoms with E-state index in [1.165, 1.54) is 31.2 Å². The van der Waals surface area contributed by atoms with Crippen LogP contribution < -0.4 is 21.7 Å². The number of carbonyl (C=O) groups is 1. The van der Waals surface area contributed by atoms with E-state index in [0.717, 1.165) is 0 Å². The first-order valence-electron chi connectivity index (χ1n) is 6.59. The highest BCUT2D eigenvalue weighted by Gasteiger charge is 2.18. The minimum absolute atomic E-state index is 0.166.